The molecule has 1 heterocycles. The molecule has 0 radical (unpaired) electrons. The third-order valence-corrected chi connectivity index (χ3v) is 1.79. The minimum Gasteiger partial charge on any atom is -0.242 e. The zero-order valence-electron chi connectivity index (χ0n) is 7.04. The van der Waals surface area contributed by atoms with Gasteiger partial charge < -0.3 is 0 Å². The molecule has 0 atom stereocenters. The largest absolute Gasteiger partial charge is 0.242 e. The second-order valence-electron chi connectivity index (χ2n) is 3.09. The van der Waals surface area contributed by atoms with Crippen molar-refractivity contribution in [3.63, 3.8) is 0 Å². The Hall–Kier alpha value is -1.36. The summed E-state index contributed by atoms with van der Waals surface area (Å²) in [4.78, 5) is 8.06. The van der Waals surface area contributed by atoms with E-state index in [4.69, 9.17) is 0 Å². The molecule has 0 spiro atoms. The van der Waals surface area contributed by atoms with E-state index >= 15 is 0 Å². The summed E-state index contributed by atoms with van der Waals surface area (Å²) in [7, 11) is 0. The van der Waals surface area contributed by atoms with Crippen molar-refractivity contribution >= 4 is 0 Å². The van der Waals surface area contributed by atoms with Gasteiger partial charge in [-0.05, 0) is 31.8 Å². The van der Waals surface area contributed by atoms with Crippen LogP contribution in [-0.4, -0.2) is 9.97 Å². The van der Waals surface area contributed by atoms with Gasteiger partial charge in [-0.25, -0.2) is 9.97 Å². The minimum absolute atomic E-state index is 0.639. The fraction of sp³-hybridized carbons (Fsp3) is 0.400. The Kier molecular flexibility index (Phi) is 1.79. The number of hydrogen-bond donors (Lipinski definition) is 0. The van der Waals surface area contributed by atoms with E-state index in [1.165, 1.54) is 12.8 Å². The highest BCUT2D eigenvalue weighted by Crippen LogP contribution is 2.27. The summed E-state index contributed by atoms with van der Waals surface area (Å²) < 4.78 is 0. The van der Waals surface area contributed by atoms with Crippen molar-refractivity contribution < 1.29 is 0 Å². The number of nitrogens with zero attached hydrogens (tertiary/aromatic N) is 2. The zero-order chi connectivity index (χ0) is 8.39. The third-order valence-electron chi connectivity index (χ3n) is 1.79. The van der Waals surface area contributed by atoms with E-state index in [0.717, 1.165) is 11.4 Å². The highest BCUT2D eigenvalue weighted by Gasteiger charge is 2.17. The molecule has 2 heteroatoms. The Morgan fingerprint density at radius 2 is 2.25 bits per heavy atom. The van der Waals surface area contributed by atoms with E-state index in [1.54, 1.807) is 6.33 Å². The average molecular weight is 158 g/mol. The second kappa shape index (κ2) is 2.94. The van der Waals surface area contributed by atoms with Gasteiger partial charge in [0.25, 0.3) is 0 Å². The Balaban J connectivity index is 2.18. The third kappa shape index (κ3) is 1.82. The van der Waals surface area contributed by atoms with Gasteiger partial charge >= 0.3 is 0 Å². The molecule has 2 nitrogen and oxygen atoms in total. The molecule has 1 aromatic heterocycles. The van der Waals surface area contributed by atoms with Gasteiger partial charge in [0.1, 0.15) is 12.0 Å². The first-order valence-corrected chi connectivity index (χ1v) is 4.15. The van der Waals surface area contributed by atoms with Crippen molar-refractivity contribution in [2.75, 3.05) is 0 Å². The fourth-order valence-corrected chi connectivity index (χ4v) is 0.927. The SMILES string of the molecule is Cc1cc(C#CC2CC2)ncn1. The Morgan fingerprint density at radius 3 is 2.92 bits per heavy atom. The van der Waals surface area contributed by atoms with Gasteiger partial charge in [-0.3, -0.25) is 0 Å². The smallest absolute Gasteiger partial charge is 0.117 e. The summed E-state index contributed by atoms with van der Waals surface area (Å²) in [6, 6.07) is 1.91. The molecule has 1 aliphatic carbocycles. The van der Waals surface area contributed by atoms with Crippen LogP contribution in [0, 0.1) is 24.7 Å². The molecule has 2 rings (SSSR count). The van der Waals surface area contributed by atoms with Crippen LogP contribution in [0.4, 0.5) is 0 Å². The molecule has 1 fully saturated rings. The van der Waals surface area contributed by atoms with Crippen LogP contribution < -0.4 is 0 Å². The molecular weight excluding hydrogens is 148 g/mol. The van der Waals surface area contributed by atoms with Gasteiger partial charge in [-0.15, -0.1) is 0 Å². The lowest BCUT2D eigenvalue weighted by atomic mass is 10.3. The standard InChI is InChI=1S/C10H10N2/c1-8-6-10(12-7-11-8)5-4-9-2-3-9/h6-7,9H,2-3H2,1H3. The van der Waals surface area contributed by atoms with E-state index in [-0.39, 0.29) is 0 Å². The van der Waals surface area contributed by atoms with Gasteiger partial charge in [0.05, 0.1) is 0 Å². The maximum atomic E-state index is 4.05. The van der Waals surface area contributed by atoms with E-state index in [0.29, 0.717) is 5.92 Å². The predicted molar refractivity (Wildman–Crippen MR) is 46.4 cm³/mol. The van der Waals surface area contributed by atoms with Crippen molar-refractivity contribution in [2.45, 2.75) is 19.8 Å². The van der Waals surface area contributed by atoms with Crippen LogP contribution in [-0.2, 0) is 0 Å². The lowest BCUT2D eigenvalue weighted by Crippen LogP contribution is -1.86. The highest BCUT2D eigenvalue weighted by molar-refractivity contribution is 5.29. The topological polar surface area (TPSA) is 25.8 Å². The maximum absolute atomic E-state index is 4.05. The van der Waals surface area contributed by atoms with Crippen LogP contribution in [0.3, 0.4) is 0 Å². The Morgan fingerprint density at radius 1 is 1.42 bits per heavy atom. The second-order valence-corrected chi connectivity index (χ2v) is 3.09. The molecule has 0 aliphatic heterocycles. The molecule has 12 heavy (non-hydrogen) atoms. The van der Waals surface area contributed by atoms with Crippen molar-refractivity contribution in [2.24, 2.45) is 5.92 Å². The number of aromatic nitrogens is 2. The summed E-state index contributed by atoms with van der Waals surface area (Å²) >= 11 is 0. The van der Waals surface area contributed by atoms with Crippen molar-refractivity contribution in [3.05, 3.63) is 23.8 Å². The van der Waals surface area contributed by atoms with Crippen LogP contribution in [0.15, 0.2) is 12.4 Å². The lowest BCUT2D eigenvalue weighted by molar-refractivity contribution is 1.08. The summed E-state index contributed by atoms with van der Waals surface area (Å²) in [5.41, 5.74) is 1.82. The molecule has 1 aromatic rings. The van der Waals surface area contributed by atoms with Gasteiger partial charge in [-0.1, -0.05) is 5.92 Å². The molecule has 0 N–H and O–H groups in total. The minimum atomic E-state index is 0.639. The molecule has 1 aliphatic rings. The zero-order valence-corrected chi connectivity index (χ0v) is 7.04. The number of aryl methyl sites for hydroxylation is 1. The molecule has 0 bridgehead atoms. The molecule has 0 saturated heterocycles. The van der Waals surface area contributed by atoms with Crippen LogP contribution in [0.2, 0.25) is 0 Å². The normalized spacial score (nSPS) is 15.1. The first kappa shape index (κ1) is 7.30. The molecule has 0 unspecified atom stereocenters. The average Bonchev–Trinajstić information content (AvgIpc) is 2.84. The van der Waals surface area contributed by atoms with E-state index in [1.807, 2.05) is 13.0 Å². The monoisotopic (exact) mass is 158 g/mol. The summed E-state index contributed by atoms with van der Waals surface area (Å²) in [6.07, 6.45) is 4.08. The van der Waals surface area contributed by atoms with Crippen LogP contribution in [0.25, 0.3) is 0 Å². The van der Waals surface area contributed by atoms with Crippen LogP contribution in [0.5, 0.6) is 0 Å². The van der Waals surface area contributed by atoms with Gasteiger partial charge in [-0.2, -0.15) is 0 Å². The van der Waals surface area contributed by atoms with Crippen molar-refractivity contribution in [1.29, 1.82) is 0 Å². The maximum Gasteiger partial charge on any atom is 0.117 e. The van der Waals surface area contributed by atoms with E-state index < -0.39 is 0 Å². The van der Waals surface area contributed by atoms with Gasteiger partial charge in [0.15, 0.2) is 0 Å². The molecule has 1 saturated carbocycles. The van der Waals surface area contributed by atoms with Gasteiger partial charge in [0, 0.05) is 11.6 Å². The Labute approximate surface area is 72.1 Å². The quantitative estimate of drug-likeness (QED) is 0.535. The molecule has 0 aromatic carbocycles. The van der Waals surface area contributed by atoms with Crippen LogP contribution in [0.1, 0.15) is 24.2 Å². The van der Waals surface area contributed by atoms with E-state index in [9.17, 15) is 0 Å². The first-order chi connectivity index (χ1) is 5.84. The van der Waals surface area contributed by atoms with Crippen molar-refractivity contribution in [1.82, 2.24) is 9.97 Å². The highest BCUT2D eigenvalue weighted by atomic mass is 14.8. The summed E-state index contributed by atoms with van der Waals surface area (Å²) in [5.74, 6) is 6.85. The summed E-state index contributed by atoms with van der Waals surface area (Å²) in [6.45, 7) is 1.95. The predicted octanol–water partition coefficient (Wildman–Crippen LogP) is 1.55. The van der Waals surface area contributed by atoms with E-state index in [2.05, 4.69) is 21.8 Å². The number of hydrogen-bond acceptors (Lipinski definition) is 2. The number of rotatable bonds is 0. The molecule has 0 amide bonds. The van der Waals surface area contributed by atoms with Crippen molar-refractivity contribution in [3.8, 4) is 11.8 Å². The summed E-state index contributed by atoms with van der Waals surface area (Å²) in [5, 5.41) is 0. The fourth-order valence-electron chi connectivity index (χ4n) is 0.927. The van der Waals surface area contributed by atoms with Gasteiger partial charge in [0.2, 0.25) is 0 Å². The lowest BCUT2D eigenvalue weighted by Gasteiger charge is -1.89. The Bertz CT molecular complexity index is 342. The molecular formula is C10H10N2. The first-order valence-electron chi connectivity index (χ1n) is 4.15. The van der Waals surface area contributed by atoms with Crippen LogP contribution >= 0.6 is 0 Å². The molecule has 60 valence electrons.